The molecule has 0 aliphatic rings. The maximum atomic E-state index is 11.8. The number of para-hydroxylation sites is 2. The molecule has 0 unspecified atom stereocenters. The quantitative estimate of drug-likeness (QED) is 0.885. The monoisotopic (exact) mass is 274 g/mol. The molecular weight excluding hydrogens is 256 g/mol. The minimum absolute atomic E-state index is 0.0669. The third-order valence-corrected chi connectivity index (χ3v) is 2.79. The lowest BCUT2D eigenvalue weighted by atomic mass is 9.96. The summed E-state index contributed by atoms with van der Waals surface area (Å²) in [5.74, 6) is -0.464. The molecule has 2 N–H and O–H groups in total. The first-order chi connectivity index (χ1) is 9.38. The predicted molar refractivity (Wildman–Crippen MR) is 76.6 cm³/mol. The molecule has 0 spiro atoms. The van der Waals surface area contributed by atoms with E-state index in [4.69, 9.17) is 0 Å². The zero-order valence-electron chi connectivity index (χ0n) is 11.8. The van der Waals surface area contributed by atoms with E-state index in [0.29, 0.717) is 0 Å². The van der Waals surface area contributed by atoms with E-state index in [-0.39, 0.29) is 18.4 Å². The standard InChI is InChI=1S/C14H18N4O2/c1-14(2,3)13(20)15-8-12(19)17-18-9-16-10-6-4-5-7-11(10)18/h4-7,9H,8H2,1-3H3,(H,15,20)(H,17,19). The molecule has 0 saturated heterocycles. The zero-order valence-corrected chi connectivity index (χ0v) is 11.8. The summed E-state index contributed by atoms with van der Waals surface area (Å²) in [7, 11) is 0. The third kappa shape index (κ3) is 3.14. The van der Waals surface area contributed by atoms with Gasteiger partial charge >= 0.3 is 0 Å². The minimum Gasteiger partial charge on any atom is -0.347 e. The van der Waals surface area contributed by atoms with Gasteiger partial charge in [-0.15, -0.1) is 0 Å². The molecule has 0 saturated carbocycles. The highest BCUT2D eigenvalue weighted by molar-refractivity contribution is 5.91. The number of hydrogen-bond donors (Lipinski definition) is 2. The third-order valence-electron chi connectivity index (χ3n) is 2.79. The molecule has 0 atom stereocenters. The van der Waals surface area contributed by atoms with Gasteiger partial charge in [0, 0.05) is 5.41 Å². The van der Waals surface area contributed by atoms with Crippen LogP contribution in [0.2, 0.25) is 0 Å². The number of benzene rings is 1. The SMILES string of the molecule is CC(C)(C)C(=O)NCC(=O)Nn1cnc2ccccc21. The summed E-state index contributed by atoms with van der Waals surface area (Å²) in [4.78, 5) is 27.7. The van der Waals surface area contributed by atoms with Crippen LogP contribution in [0.5, 0.6) is 0 Å². The van der Waals surface area contributed by atoms with Crippen LogP contribution < -0.4 is 10.7 Å². The lowest BCUT2D eigenvalue weighted by molar-refractivity contribution is -0.130. The smallest absolute Gasteiger partial charge is 0.258 e. The van der Waals surface area contributed by atoms with Gasteiger partial charge in [-0.05, 0) is 12.1 Å². The second-order valence-corrected chi connectivity index (χ2v) is 5.57. The van der Waals surface area contributed by atoms with Crippen molar-refractivity contribution >= 4 is 22.8 Å². The Labute approximate surface area is 117 Å². The van der Waals surface area contributed by atoms with Crippen molar-refractivity contribution in [3.05, 3.63) is 30.6 Å². The molecule has 1 aromatic carbocycles. The number of carbonyl (C=O) groups is 2. The van der Waals surface area contributed by atoms with Crippen LogP contribution in [-0.2, 0) is 9.59 Å². The van der Waals surface area contributed by atoms with Crippen LogP contribution in [0.4, 0.5) is 0 Å². The van der Waals surface area contributed by atoms with Crippen LogP contribution in [0.3, 0.4) is 0 Å². The highest BCUT2D eigenvalue weighted by Crippen LogP contribution is 2.12. The number of hydrogen-bond acceptors (Lipinski definition) is 3. The van der Waals surface area contributed by atoms with Crippen molar-refractivity contribution in [2.75, 3.05) is 12.0 Å². The predicted octanol–water partition coefficient (Wildman–Crippen LogP) is 1.27. The summed E-state index contributed by atoms with van der Waals surface area (Å²) in [6.45, 7) is 5.32. The van der Waals surface area contributed by atoms with Crippen molar-refractivity contribution in [1.29, 1.82) is 0 Å². The van der Waals surface area contributed by atoms with Gasteiger partial charge in [0.05, 0.1) is 17.6 Å². The molecule has 0 aliphatic heterocycles. The lowest BCUT2D eigenvalue weighted by Crippen LogP contribution is -2.40. The van der Waals surface area contributed by atoms with E-state index in [1.54, 1.807) is 25.4 Å². The molecular formula is C14H18N4O2. The Hall–Kier alpha value is -2.37. The normalized spacial score (nSPS) is 11.3. The van der Waals surface area contributed by atoms with Crippen LogP contribution in [0.15, 0.2) is 30.6 Å². The van der Waals surface area contributed by atoms with E-state index >= 15 is 0 Å². The molecule has 106 valence electrons. The van der Waals surface area contributed by atoms with E-state index in [0.717, 1.165) is 11.0 Å². The van der Waals surface area contributed by atoms with Gasteiger partial charge in [-0.3, -0.25) is 15.0 Å². The maximum Gasteiger partial charge on any atom is 0.258 e. The number of nitrogens with zero attached hydrogens (tertiary/aromatic N) is 2. The van der Waals surface area contributed by atoms with Crippen molar-refractivity contribution in [2.24, 2.45) is 5.41 Å². The van der Waals surface area contributed by atoms with Gasteiger partial charge in [-0.1, -0.05) is 32.9 Å². The Morgan fingerprint density at radius 2 is 1.95 bits per heavy atom. The molecule has 0 fully saturated rings. The fourth-order valence-electron chi connectivity index (χ4n) is 1.65. The number of nitrogens with one attached hydrogen (secondary N) is 2. The summed E-state index contributed by atoms with van der Waals surface area (Å²) >= 11 is 0. The van der Waals surface area contributed by atoms with Gasteiger partial charge in [0.2, 0.25) is 5.91 Å². The minimum atomic E-state index is -0.512. The number of aromatic nitrogens is 2. The van der Waals surface area contributed by atoms with Crippen LogP contribution in [0.25, 0.3) is 11.0 Å². The van der Waals surface area contributed by atoms with Crippen LogP contribution in [0, 0.1) is 5.41 Å². The molecule has 2 rings (SSSR count). The number of carbonyl (C=O) groups excluding carboxylic acids is 2. The number of imidazole rings is 1. The van der Waals surface area contributed by atoms with E-state index in [1.165, 1.54) is 6.33 Å². The maximum absolute atomic E-state index is 11.8. The van der Waals surface area contributed by atoms with Gasteiger partial charge in [0.25, 0.3) is 5.91 Å². The van der Waals surface area contributed by atoms with E-state index < -0.39 is 5.41 Å². The fourth-order valence-corrected chi connectivity index (χ4v) is 1.65. The zero-order chi connectivity index (χ0) is 14.8. The summed E-state index contributed by atoms with van der Waals surface area (Å²) in [6, 6.07) is 7.47. The molecule has 1 aromatic heterocycles. The van der Waals surface area contributed by atoms with Gasteiger partial charge in [0.1, 0.15) is 6.33 Å². The van der Waals surface area contributed by atoms with Gasteiger partial charge in [0.15, 0.2) is 0 Å². The van der Waals surface area contributed by atoms with Crippen molar-refractivity contribution in [1.82, 2.24) is 15.0 Å². The lowest BCUT2D eigenvalue weighted by Gasteiger charge is -2.17. The first kappa shape index (κ1) is 14.0. The van der Waals surface area contributed by atoms with Crippen molar-refractivity contribution < 1.29 is 9.59 Å². The van der Waals surface area contributed by atoms with Crippen molar-refractivity contribution in [3.8, 4) is 0 Å². The van der Waals surface area contributed by atoms with Gasteiger partial charge in [-0.2, -0.15) is 0 Å². The molecule has 0 bridgehead atoms. The molecule has 1 heterocycles. The van der Waals surface area contributed by atoms with E-state index in [1.807, 2.05) is 24.3 Å². The number of fused-ring (bicyclic) bond motifs is 1. The summed E-state index contributed by atoms with van der Waals surface area (Å²) in [5, 5.41) is 2.60. The summed E-state index contributed by atoms with van der Waals surface area (Å²) in [6.07, 6.45) is 1.54. The van der Waals surface area contributed by atoms with Crippen molar-refractivity contribution in [2.45, 2.75) is 20.8 Å². The molecule has 20 heavy (non-hydrogen) atoms. The Balaban J connectivity index is 1.97. The molecule has 2 aromatic rings. The van der Waals surface area contributed by atoms with Gasteiger partial charge in [-0.25, -0.2) is 9.66 Å². The Kier molecular flexibility index (Phi) is 3.74. The van der Waals surface area contributed by atoms with Crippen LogP contribution in [-0.4, -0.2) is 28.0 Å². The van der Waals surface area contributed by atoms with Gasteiger partial charge < -0.3 is 5.32 Å². The molecule has 6 heteroatoms. The Bertz CT molecular complexity index is 640. The Morgan fingerprint density at radius 1 is 1.25 bits per heavy atom. The molecule has 6 nitrogen and oxygen atoms in total. The first-order valence-electron chi connectivity index (χ1n) is 6.38. The van der Waals surface area contributed by atoms with Crippen LogP contribution >= 0.6 is 0 Å². The van der Waals surface area contributed by atoms with Crippen LogP contribution in [0.1, 0.15) is 20.8 Å². The van der Waals surface area contributed by atoms with E-state index in [9.17, 15) is 9.59 Å². The first-order valence-corrected chi connectivity index (χ1v) is 6.38. The number of rotatable bonds is 3. The molecule has 0 radical (unpaired) electrons. The summed E-state index contributed by atoms with van der Waals surface area (Å²) < 4.78 is 1.54. The molecule has 2 amide bonds. The highest BCUT2D eigenvalue weighted by Gasteiger charge is 2.21. The average molecular weight is 274 g/mol. The Morgan fingerprint density at radius 3 is 2.65 bits per heavy atom. The topological polar surface area (TPSA) is 76.0 Å². The average Bonchev–Trinajstić information content (AvgIpc) is 2.78. The van der Waals surface area contributed by atoms with Crippen molar-refractivity contribution in [3.63, 3.8) is 0 Å². The largest absolute Gasteiger partial charge is 0.347 e. The summed E-state index contributed by atoms with van der Waals surface area (Å²) in [5.41, 5.74) is 3.77. The van der Waals surface area contributed by atoms with E-state index in [2.05, 4.69) is 15.7 Å². The number of amides is 2. The highest BCUT2D eigenvalue weighted by atomic mass is 16.2. The second-order valence-electron chi connectivity index (χ2n) is 5.57. The fraction of sp³-hybridized carbons (Fsp3) is 0.357. The second kappa shape index (κ2) is 5.32. The molecule has 0 aliphatic carbocycles.